The third-order valence-corrected chi connectivity index (χ3v) is 4.45. The highest BCUT2D eigenvalue weighted by molar-refractivity contribution is 5.94. The van der Waals surface area contributed by atoms with Crippen molar-refractivity contribution in [3.05, 3.63) is 35.6 Å². The van der Waals surface area contributed by atoms with Crippen molar-refractivity contribution in [3.63, 3.8) is 0 Å². The summed E-state index contributed by atoms with van der Waals surface area (Å²) in [6.07, 6.45) is 4.69. The summed E-state index contributed by atoms with van der Waals surface area (Å²) in [7, 11) is 0. The van der Waals surface area contributed by atoms with Crippen molar-refractivity contribution in [1.29, 1.82) is 0 Å². The Kier molecular flexibility index (Phi) is 4.01. The van der Waals surface area contributed by atoms with Crippen molar-refractivity contribution in [1.82, 2.24) is 9.80 Å². The number of hydrogen-bond donors (Lipinski definition) is 0. The number of benzene rings is 1. The van der Waals surface area contributed by atoms with Crippen molar-refractivity contribution < 1.29 is 9.18 Å². The first-order valence-electron chi connectivity index (χ1n) is 7.53. The van der Waals surface area contributed by atoms with E-state index in [9.17, 15) is 9.18 Å². The van der Waals surface area contributed by atoms with Gasteiger partial charge < -0.3 is 4.90 Å². The van der Waals surface area contributed by atoms with Crippen molar-refractivity contribution in [2.24, 2.45) is 0 Å². The summed E-state index contributed by atoms with van der Waals surface area (Å²) in [5, 5.41) is 0. The second kappa shape index (κ2) is 5.92. The molecule has 20 heavy (non-hydrogen) atoms. The average Bonchev–Trinajstić information content (AvgIpc) is 3.01. The predicted molar refractivity (Wildman–Crippen MR) is 76.1 cm³/mol. The Balaban J connectivity index is 1.70. The van der Waals surface area contributed by atoms with E-state index in [1.54, 1.807) is 18.2 Å². The van der Waals surface area contributed by atoms with Gasteiger partial charge in [0.2, 0.25) is 0 Å². The van der Waals surface area contributed by atoms with E-state index in [0.717, 1.165) is 39.0 Å². The van der Waals surface area contributed by atoms with E-state index in [1.165, 1.54) is 18.9 Å². The molecule has 0 spiro atoms. The molecule has 0 aliphatic carbocycles. The molecule has 2 aliphatic rings. The first-order valence-corrected chi connectivity index (χ1v) is 7.53. The van der Waals surface area contributed by atoms with Gasteiger partial charge in [0.25, 0.3) is 5.91 Å². The normalized spacial score (nSPS) is 24.1. The fourth-order valence-electron chi connectivity index (χ4n) is 3.35. The van der Waals surface area contributed by atoms with Crippen LogP contribution in [0.1, 0.15) is 36.0 Å². The molecule has 1 atom stereocenters. The van der Waals surface area contributed by atoms with E-state index in [4.69, 9.17) is 0 Å². The highest BCUT2D eigenvalue weighted by Crippen LogP contribution is 2.22. The molecule has 108 valence electrons. The summed E-state index contributed by atoms with van der Waals surface area (Å²) >= 11 is 0. The molecule has 1 amide bonds. The summed E-state index contributed by atoms with van der Waals surface area (Å²) in [6, 6.07) is 6.74. The molecule has 0 N–H and O–H groups in total. The summed E-state index contributed by atoms with van der Waals surface area (Å²) in [5.41, 5.74) is 0.203. The largest absolute Gasteiger partial charge is 0.337 e. The highest BCUT2D eigenvalue weighted by atomic mass is 19.1. The lowest BCUT2D eigenvalue weighted by atomic mass is 10.0. The number of carbonyl (C=O) groups is 1. The second-order valence-electron chi connectivity index (χ2n) is 5.77. The Morgan fingerprint density at radius 3 is 2.60 bits per heavy atom. The van der Waals surface area contributed by atoms with Crippen LogP contribution >= 0.6 is 0 Å². The number of piperidine rings is 1. The van der Waals surface area contributed by atoms with E-state index in [0.29, 0.717) is 6.04 Å². The minimum Gasteiger partial charge on any atom is -0.337 e. The molecule has 2 aliphatic heterocycles. The monoisotopic (exact) mass is 276 g/mol. The van der Waals surface area contributed by atoms with Crippen LogP contribution in [0.5, 0.6) is 0 Å². The average molecular weight is 276 g/mol. The Morgan fingerprint density at radius 1 is 1.10 bits per heavy atom. The van der Waals surface area contributed by atoms with Crippen LogP contribution in [0.2, 0.25) is 0 Å². The van der Waals surface area contributed by atoms with Crippen LogP contribution in [0.25, 0.3) is 0 Å². The van der Waals surface area contributed by atoms with Gasteiger partial charge in [-0.2, -0.15) is 0 Å². The molecule has 2 heterocycles. The van der Waals surface area contributed by atoms with Gasteiger partial charge in [0.15, 0.2) is 0 Å². The van der Waals surface area contributed by atoms with Gasteiger partial charge >= 0.3 is 0 Å². The third-order valence-electron chi connectivity index (χ3n) is 4.45. The molecule has 4 heteroatoms. The van der Waals surface area contributed by atoms with Crippen LogP contribution in [-0.4, -0.2) is 47.9 Å². The van der Waals surface area contributed by atoms with Gasteiger partial charge in [-0.3, -0.25) is 9.69 Å². The second-order valence-corrected chi connectivity index (χ2v) is 5.77. The zero-order valence-corrected chi connectivity index (χ0v) is 11.7. The quantitative estimate of drug-likeness (QED) is 0.828. The van der Waals surface area contributed by atoms with E-state index >= 15 is 0 Å². The molecule has 1 aromatic carbocycles. The molecule has 0 saturated carbocycles. The molecule has 3 rings (SSSR count). The first kappa shape index (κ1) is 13.6. The molecule has 0 radical (unpaired) electrons. The maximum atomic E-state index is 13.7. The topological polar surface area (TPSA) is 23.6 Å². The van der Waals surface area contributed by atoms with E-state index in [1.807, 2.05) is 4.90 Å². The van der Waals surface area contributed by atoms with Crippen molar-refractivity contribution >= 4 is 5.91 Å². The number of rotatable bonds is 2. The smallest absolute Gasteiger partial charge is 0.256 e. The summed E-state index contributed by atoms with van der Waals surface area (Å²) in [4.78, 5) is 16.8. The summed E-state index contributed by atoms with van der Waals surface area (Å²) < 4.78 is 13.7. The van der Waals surface area contributed by atoms with Crippen LogP contribution in [0, 0.1) is 5.82 Å². The maximum absolute atomic E-state index is 13.7. The van der Waals surface area contributed by atoms with Gasteiger partial charge in [-0.15, -0.1) is 0 Å². The van der Waals surface area contributed by atoms with Crippen LogP contribution in [0.3, 0.4) is 0 Å². The van der Waals surface area contributed by atoms with E-state index < -0.39 is 5.82 Å². The Hall–Kier alpha value is -1.42. The van der Waals surface area contributed by atoms with E-state index in [2.05, 4.69) is 4.90 Å². The minimum atomic E-state index is -0.416. The molecule has 2 saturated heterocycles. The molecule has 0 bridgehead atoms. The lowest BCUT2D eigenvalue weighted by Gasteiger charge is -2.37. The van der Waals surface area contributed by atoms with Gasteiger partial charge in [0, 0.05) is 19.1 Å². The van der Waals surface area contributed by atoms with Gasteiger partial charge in [-0.05, 0) is 50.9 Å². The van der Waals surface area contributed by atoms with Gasteiger partial charge in [0.1, 0.15) is 5.82 Å². The maximum Gasteiger partial charge on any atom is 0.256 e. The SMILES string of the molecule is O=C(c1ccccc1F)N1CCCC(N2CCCC2)C1. The van der Waals surface area contributed by atoms with Crippen LogP contribution in [-0.2, 0) is 0 Å². The Labute approximate surface area is 119 Å². The number of carbonyl (C=O) groups excluding carboxylic acids is 1. The van der Waals surface area contributed by atoms with Crippen LogP contribution in [0.15, 0.2) is 24.3 Å². The predicted octanol–water partition coefficient (Wildman–Crippen LogP) is 2.53. The first-order chi connectivity index (χ1) is 9.75. The Morgan fingerprint density at radius 2 is 1.85 bits per heavy atom. The fourth-order valence-corrected chi connectivity index (χ4v) is 3.35. The van der Waals surface area contributed by atoms with Crippen molar-refractivity contribution in [2.75, 3.05) is 26.2 Å². The van der Waals surface area contributed by atoms with Gasteiger partial charge in [-0.1, -0.05) is 12.1 Å². The standard InChI is InChI=1S/C16H21FN2O/c17-15-8-2-1-7-14(15)16(20)19-11-5-6-13(12-19)18-9-3-4-10-18/h1-2,7-8,13H,3-6,9-12H2. The molecular weight excluding hydrogens is 255 g/mol. The lowest BCUT2D eigenvalue weighted by Crippen LogP contribution is -2.49. The number of amides is 1. The fraction of sp³-hybridized carbons (Fsp3) is 0.562. The molecule has 3 nitrogen and oxygen atoms in total. The number of hydrogen-bond acceptors (Lipinski definition) is 2. The van der Waals surface area contributed by atoms with Crippen LogP contribution in [0.4, 0.5) is 4.39 Å². The zero-order chi connectivity index (χ0) is 13.9. The molecular formula is C16H21FN2O. The molecule has 1 aromatic rings. The lowest BCUT2D eigenvalue weighted by molar-refractivity contribution is 0.0603. The van der Waals surface area contributed by atoms with Gasteiger partial charge in [0.05, 0.1) is 5.56 Å². The van der Waals surface area contributed by atoms with Crippen LogP contribution < -0.4 is 0 Å². The minimum absolute atomic E-state index is 0.160. The molecule has 1 unspecified atom stereocenters. The zero-order valence-electron chi connectivity index (χ0n) is 11.7. The number of nitrogens with zero attached hydrogens (tertiary/aromatic N) is 2. The van der Waals surface area contributed by atoms with Gasteiger partial charge in [-0.25, -0.2) is 4.39 Å². The van der Waals surface area contributed by atoms with Crippen molar-refractivity contribution in [2.45, 2.75) is 31.7 Å². The summed E-state index contributed by atoms with van der Waals surface area (Å²) in [6.45, 7) is 3.78. The molecule has 2 fully saturated rings. The van der Waals surface area contributed by atoms with E-state index in [-0.39, 0.29) is 11.5 Å². The third kappa shape index (κ3) is 2.70. The number of halogens is 1. The Bertz CT molecular complexity index is 485. The van der Waals surface area contributed by atoms with Crippen molar-refractivity contribution in [3.8, 4) is 0 Å². The summed E-state index contributed by atoms with van der Waals surface area (Å²) in [5.74, 6) is -0.576. The highest BCUT2D eigenvalue weighted by Gasteiger charge is 2.30. The number of likely N-dealkylation sites (tertiary alicyclic amines) is 2. The molecule has 0 aromatic heterocycles.